The first-order valence-corrected chi connectivity index (χ1v) is 33.0. The average molecular weight is 970 g/mol. The topological polar surface area (TPSA) is 0 Å². The smallest absolute Gasteiger partial charge is 0.171 e. The SMILES string of the molecule is CCCCC(C)C[Si]1(CC(CC)CCCC)c2ccsc2-c2sc(-c3c(F)c(F)c(-c4cc5c(s4)-c4sccc4[Si]5(CC(CC)CCCC)CC(CC)CCCC)c(F)c3F)cc21. The van der Waals surface area contributed by atoms with E-state index < -0.39 is 50.5 Å². The van der Waals surface area contributed by atoms with E-state index >= 15 is 17.6 Å². The molecule has 6 heterocycles. The summed E-state index contributed by atoms with van der Waals surface area (Å²) < 4.78 is 68.0. The molecular formula is C53H72F4S4Si2. The molecule has 0 radical (unpaired) electrons. The first kappa shape index (κ1) is 49.1. The van der Waals surface area contributed by atoms with Crippen molar-refractivity contribution in [1.82, 2.24) is 0 Å². The molecule has 7 rings (SSSR count). The van der Waals surface area contributed by atoms with Crippen molar-refractivity contribution in [1.29, 1.82) is 0 Å². The van der Waals surface area contributed by atoms with E-state index in [2.05, 4.69) is 78.3 Å². The van der Waals surface area contributed by atoms with Gasteiger partial charge in [-0.05, 0) is 91.5 Å². The van der Waals surface area contributed by atoms with Crippen LogP contribution in [0.4, 0.5) is 17.6 Å². The minimum Gasteiger partial charge on any atom is -0.203 e. The van der Waals surface area contributed by atoms with Gasteiger partial charge in [0, 0.05) is 29.3 Å². The van der Waals surface area contributed by atoms with Gasteiger partial charge in [-0.25, -0.2) is 17.6 Å². The molecule has 0 bridgehead atoms. The number of hydrogen-bond donors (Lipinski definition) is 0. The molecule has 0 nitrogen and oxygen atoms in total. The molecule has 0 saturated carbocycles. The van der Waals surface area contributed by atoms with Gasteiger partial charge in [-0.2, -0.15) is 0 Å². The van der Waals surface area contributed by atoms with Crippen LogP contribution >= 0.6 is 45.3 Å². The van der Waals surface area contributed by atoms with E-state index in [1.807, 2.05) is 12.1 Å². The molecule has 0 amide bonds. The van der Waals surface area contributed by atoms with Crippen LogP contribution in [-0.4, -0.2) is 16.1 Å². The van der Waals surface area contributed by atoms with Crippen LogP contribution in [0.1, 0.15) is 152 Å². The lowest BCUT2D eigenvalue weighted by atomic mass is 10.0. The third-order valence-electron chi connectivity index (χ3n) is 15.3. The summed E-state index contributed by atoms with van der Waals surface area (Å²) in [5.41, 5.74) is -1.08. The number of benzene rings is 1. The Morgan fingerprint density at radius 2 is 0.810 bits per heavy atom. The van der Waals surface area contributed by atoms with Gasteiger partial charge in [-0.3, -0.25) is 0 Å². The largest absolute Gasteiger partial charge is 0.203 e. The van der Waals surface area contributed by atoms with E-state index in [1.165, 1.54) is 98.1 Å². The van der Waals surface area contributed by atoms with Crippen molar-refractivity contribution < 1.29 is 17.6 Å². The molecule has 1 aromatic carbocycles. The zero-order valence-electron chi connectivity index (χ0n) is 39.4. The van der Waals surface area contributed by atoms with Crippen molar-refractivity contribution in [3.05, 3.63) is 58.3 Å². The van der Waals surface area contributed by atoms with Gasteiger partial charge in [0.1, 0.15) is 16.1 Å². The highest BCUT2D eigenvalue weighted by Gasteiger charge is 2.51. The highest BCUT2D eigenvalue weighted by Crippen LogP contribution is 2.51. The summed E-state index contributed by atoms with van der Waals surface area (Å²) in [5, 5.41) is 9.81. The standard InChI is InChI=1S/C53H72F4S4Si2/c1-9-16-20-34(8)30-62(31-35(13-5)21-17-10-2)40-24-26-58-50(40)52-42(62)28-38(60-52)44-46(54)48(56)45(49(57)47(44)55)39-29-43-53(61-39)51-41(25-27-59-51)63(43,32-36(14-6)22-18-11-3)33-37(15-7)23-19-12-4/h24-29,34-37H,9-23,30-33H2,1-8H3. The van der Waals surface area contributed by atoms with Gasteiger partial charge in [0.2, 0.25) is 0 Å². The molecule has 4 aromatic heterocycles. The van der Waals surface area contributed by atoms with E-state index in [4.69, 9.17) is 0 Å². The Morgan fingerprint density at radius 3 is 1.16 bits per heavy atom. The Kier molecular flexibility index (Phi) is 16.7. The molecule has 63 heavy (non-hydrogen) atoms. The molecule has 2 aliphatic rings. The molecule has 5 aromatic rings. The maximum absolute atomic E-state index is 17.0. The molecule has 5 unspecified atom stereocenters. The monoisotopic (exact) mass is 968 g/mol. The molecule has 10 heteroatoms. The van der Waals surface area contributed by atoms with Gasteiger partial charge < -0.3 is 0 Å². The summed E-state index contributed by atoms with van der Waals surface area (Å²) in [4.78, 5) is 5.24. The molecule has 0 N–H and O–H groups in total. The minimum absolute atomic E-state index is 0.316. The van der Waals surface area contributed by atoms with Gasteiger partial charge >= 0.3 is 0 Å². The fourth-order valence-corrected chi connectivity index (χ4v) is 32.1. The van der Waals surface area contributed by atoms with Crippen molar-refractivity contribution in [3.8, 4) is 40.4 Å². The van der Waals surface area contributed by atoms with Crippen LogP contribution in [0.5, 0.6) is 0 Å². The summed E-state index contributed by atoms with van der Waals surface area (Å²) >= 11 is 6.14. The van der Waals surface area contributed by atoms with E-state index in [1.54, 1.807) is 22.7 Å². The summed E-state index contributed by atoms with van der Waals surface area (Å²) in [6, 6.07) is 13.1. The summed E-state index contributed by atoms with van der Waals surface area (Å²) in [6.45, 7) is 18.3. The third kappa shape index (κ3) is 9.28. The summed E-state index contributed by atoms with van der Waals surface area (Å²) in [7, 11) is -4.81. The van der Waals surface area contributed by atoms with Gasteiger partial charge in [-0.1, -0.05) is 164 Å². The van der Waals surface area contributed by atoms with Crippen molar-refractivity contribution in [2.75, 3.05) is 0 Å². The molecular weight excluding hydrogens is 897 g/mol. The number of thiophene rings is 4. The van der Waals surface area contributed by atoms with E-state index in [0.717, 1.165) is 85.3 Å². The molecule has 344 valence electrons. The maximum atomic E-state index is 17.0. The molecule has 0 aliphatic carbocycles. The van der Waals surface area contributed by atoms with Crippen LogP contribution in [0.3, 0.4) is 0 Å². The van der Waals surface area contributed by atoms with Crippen LogP contribution in [0.15, 0.2) is 35.0 Å². The quantitative estimate of drug-likeness (QED) is 0.0311. The number of halogens is 4. The Hall–Kier alpha value is -1.83. The Bertz CT molecular complexity index is 2250. The lowest BCUT2D eigenvalue weighted by Crippen LogP contribution is -2.56. The molecule has 0 spiro atoms. The second-order valence-electron chi connectivity index (χ2n) is 19.5. The molecule has 5 atom stereocenters. The molecule has 0 saturated heterocycles. The normalized spacial score (nSPS) is 19.6. The highest BCUT2D eigenvalue weighted by molar-refractivity contribution is 7.31. The molecule has 2 aliphatic heterocycles. The fourth-order valence-electron chi connectivity index (χ4n) is 11.8. The minimum atomic E-state index is -2.41. The number of rotatable bonds is 25. The molecule has 0 fully saturated rings. The summed E-state index contributed by atoms with van der Waals surface area (Å²) in [5.74, 6) is -2.86. The Balaban J connectivity index is 1.34. The lowest BCUT2D eigenvalue weighted by molar-refractivity contribution is 0.463. The van der Waals surface area contributed by atoms with E-state index in [-0.39, 0.29) is 0 Å². The zero-order chi connectivity index (χ0) is 45.1. The van der Waals surface area contributed by atoms with Crippen LogP contribution in [0, 0.1) is 46.9 Å². The van der Waals surface area contributed by atoms with Crippen molar-refractivity contribution in [2.45, 2.75) is 176 Å². The first-order valence-electron chi connectivity index (χ1n) is 24.8. The number of fused-ring (bicyclic) bond motifs is 6. The number of unbranched alkanes of at least 4 members (excludes halogenated alkanes) is 4. The van der Waals surface area contributed by atoms with Crippen molar-refractivity contribution in [2.24, 2.45) is 23.7 Å². The predicted octanol–water partition coefficient (Wildman–Crippen LogP) is 17.4. The van der Waals surface area contributed by atoms with Gasteiger partial charge in [0.05, 0.1) is 11.1 Å². The Morgan fingerprint density at radius 1 is 0.460 bits per heavy atom. The predicted molar refractivity (Wildman–Crippen MR) is 277 cm³/mol. The van der Waals surface area contributed by atoms with Gasteiger partial charge in [0.25, 0.3) is 0 Å². The van der Waals surface area contributed by atoms with Crippen molar-refractivity contribution >= 4 is 82.2 Å². The highest BCUT2D eigenvalue weighted by atomic mass is 32.1. The van der Waals surface area contributed by atoms with Crippen LogP contribution in [0.25, 0.3) is 40.4 Å². The zero-order valence-corrected chi connectivity index (χ0v) is 44.6. The van der Waals surface area contributed by atoms with E-state index in [0.29, 0.717) is 33.4 Å². The fraction of sp³-hybridized carbons (Fsp3) is 0.585. The summed E-state index contributed by atoms with van der Waals surface area (Å²) in [6.07, 6.45) is 17.4. The van der Waals surface area contributed by atoms with Gasteiger partial charge in [0.15, 0.2) is 23.3 Å². The van der Waals surface area contributed by atoms with Crippen LogP contribution in [-0.2, 0) is 0 Å². The average Bonchev–Trinajstić information content (AvgIpc) is 4.14. The lowest BCUT2D eigenvalue weighted by Gasteiger charge is -2.35. The first-order chi connectivity index (χ1) is 30.5. The maximum Gasteiger partial charge on any atom is 0.171 e. The number of hydrogen-bond acceptors (Lipinski definition) is 4. The Labute approximate surface area is 395 Å². The second kappa shape index (κ2) is 21.4. The van der Waals surface area contributed by atoms with Gasteiger partial charge in [-0.15, -0.1) is 45.3 Å². The van der Waals surface area contributed by atoms with Crippen molar-refractivity contribution in [3.63, 3.8) is 0 Å². The second-order valence-corrected chi connectivity index (χ2v) is 31.6. The van der Waals surface area contributed by atoms with Crippen LogP contribution < -0.4 is 20.7 Å². The third-order valence-corrected chi connectivity index (χ3v) is 31.5. The van der Waals surface area contributed by atoms with Crippen LogP contribution in [0.2, 0.25) is 24.2 Å². The van der Waals surface area contributed by atoms with E-state index in [9.17, 15) is 0 Å².